The molecule has 0 radical (unpaired) electrons. The first-order valence-electron chi connectivity index (χ1n) is 10.7. The predicted octanol–water partition coefficient (Wildman–Crippen LogP) is 3.73. The number of carbonyl (C=O) groups excluding carboxylic acids is 1. The minimum absolute atomic E-state index is 0.123. The summed E-state index contributed by atoms with van der Waals surface area (Å²) in [5.41, 5.74) is 3.63. The molecule has 0 bridgehead atoms. The molecule has 3 heterocycles. The van der Waals surface area contributed by atoms with E-state index in [9.17, 15) is 9.18 Å². The molecule has 164 valence electrons. The van der Waals surface area contributed by atoms with Crippen LogP contribution in [0.2, 0.25) is 0 Å². The summed E-state index contributed by atoms with van der Waals surface area (Å²) in [4.78, 5) is 14.8. The molecular formula is C23H28FN5O2. The number of carbonyl (C=O) groups is 1. The summed E-state index contributed by atoms with van der Waals surface area (Å²) in [6, 6.07) is 10.3. The van der Waals surface area contributed by atoms with E-state index >= 15 is 0 Å². The van der Waals surface area contributed by atoms with E-state index in [1.54, 1.807) is 18.2 Å². The van der Waals surface area contributed by atoms with Crippen molar-refractivity contribution in [2.75, 3.05) is 13.1 Å². The van der Waals surface area contributed by atoms with Gasteiger partial charge in [0.25, 0.3) is 5.91 Å². The van der Waals surface area contributed by atoms with E-state index in [0.717, 1.165) is 55.1 Å². The predicted molar refractivity (Wildman–Crippen MR) is 115 cm³/mol. The molecule has 1 amide bonds. The molecule has 1 aromatic carbocycles. The molecular weight excluding hydrogens is 397 g/mol. The summed E-state index contributed by atoms with van der Waals surface area (Å²) in [7, 11) is 1.93. The zero-order valence-corrected chi connectivity index (χ0v) is 18.1. The third-order valence-corrected chi connectivity index (χ3v) is 5.77. The molecule has 0 unspecified atom stereocenters. The zero-order chi connectivity index (χ0) is 22.0. The van der Waals surface area contributed by atoms with Gasteiger partial charge in [0.2, 0.25) is 5.76 Å². The highest BCUT2D eigenvalue weighted by Gasteiger charge is 2.24. The Morgan fingerprint density at radius 2 is 1.94 bits per heavy atom. The standard InChI is InChI=1S/C23H28FN5O2/c1-15(2)20-13-22(31-27-20)23(30)25-18-8-10-29(11-9-18)14-19-12-21(26-28(19)3)16-4-6-17(24)7-5-16/h4-7,12-13,15,18H,8-11,14H2,1-3H3,(H,25,30). The van der Waals surface area contributed by atoms with Crippen LogP contribution in [0.5, 0.6) is 0 Å². The Hall–Kier alpha value is -3.00. The highest BCUT2D eigenvalue weighted by Crippen LogP contribution is 2.21. The molecule has 0 saturated carbocycles. The lowest BCUT2D eigenvalue weighted by Crippen LogP contribution is -2.44. The van der Waals surface area contributed by atoms with Gasteiger partial charge in [-0.3, -0.25) is 14.4 Å². The molecule has 4 rings (SSSR count). The van der Waals surface area contributed by atoms with Gasteiger partial charge in [-0.1, -0.05) is 19.0 Å². The number of piperidine rings is 1. The topological polar surface area (TPSA) is 76.2 Å². The molecule has 31 heavy (non-hydrogen) atoms. The van der Waals surface area contributed by atoms with Gasteiger partial charge in [-0.2, -0.15) is 5.10 Å². The third kappa shape index (κ3) is 5.02. The molecule has 7 nitrogen and oxygen atoms in total. The van der Waals surface area contributed by atoms with Crippen LogP contribution in [-0.4, -0.2) is 44.9 Å². The largest absolute Gasteiger partial charge is 0.351 e. The maximum Gasteiger partial charge on any atom is 0.290 e. The number of rotatable bonds is 6. The number of likely N-dealkylation sites (tertiary alicyclic amines) is 1. The fourth-order valence-electron chi connectivity index (χ4n) is 3.80. The SMILES string of the molecule is CC(C)c1cc(C(=O)NC2CCN(Cc3cc(-c4ccc(F)cc4)nn3C)CC2)on1. The Balaban J connectivity index is 1.30. The Kier molecular flexibility index (Phi) is 6.18. The molecule has 1 N–H and O–H groups in total. The number of aromatic nitrogens is 3. The Bertz CT molecular complexity index is 1030. The van der Waals surface area contributed by atoms with Crippen LogP contribution in [0.4, 0.5) is 4.39 Å². The molecule has 8 heteroatoms. The first kappa shape index (κ1) is 21.2. The average molecular weight is 426 g/mol. The van der Waals surface area contributed by atoms with E-state index in [1.165, 1.54) is 12.1 Å². The number of aryl methyl sites for hydroxylation is 1. The van der Waals surface area contributed by atoms with Gasteiger partial charge in [0.1, 0.15) is 5.82 Å². The van der Waals surface area contributed by atoms with Gasteiger partial charge in [0, 0.05) is 44.4 Å². The molecule has 0 aliphatic carbocycles. The Morgan fingerprint density at radius 1 is 1.23 bits per heavy atom. The fourth-order valence-corrected chi connectivity index (χ4v) is 3.80. The minimum Gasteiger partial charge on any atom is -0.351 e. The Labute approximate surface area is 181 Å². The van der Waals surface area contributed by atoms with Crippen LogP contribution in [0.25, 0.3) is 11.3 Å². The first-order valence-corrected chi connectivity index (χ1v) is 10.7. The van der Waals surface area contributed by atoms with Gasteiger partial charge >= 0.3 is 0 Å². The van der Waals surface area contributed by atoms with Gasteiger partial charge in [-0.05, 0) is 49.1 Å². The Morgan fingerprint density at radius 3 is 2.58 bits per heavy atom. The highest BCUT2D eigenvalue weighted by molar-refractivity contribution is 5.91. The number of amides is 1. The summed E-state index contributed by atoms with van der Waals surface area (Å²) < 4.78 is 20.2. The number of nitrogens with one attached hydrogen (secondary N) is 1. The van der Waals surface area contributed by atoms with Crippen LogP contribution in [-0.2, 0) is 13.6 Å². The lowest BCUT2D eigenvalue weighted by Gasteiger charge is -2.32. The van der Waals surface area contributed by atoms with Crippen LogP contribution < -0.4 is 5.32 Å². The van der Waals surface area contributed by atoms with Gasteiger partial charge in [0.05, 0.1) is 17.1 Å². The normalized spacial score (nSPS) is 15.5. The van der Waals surface area contributed by atoms with Crippen LogP contribution in [0.1, 0.15) is 54.5 Å². The van der Waals surface area contributed by atoms with E-state index in [4.69, 9.17) is 4.52 Å². The lowest BCUT2D eigenvalue weighted by atomic mass is 10.0. The van der Waals surface area contributed by atoms with Crippen LogP contribution in [0, 0.1) is 5.82 Å². The summed E-state index contributed by atoms with van der Waals surface area (Å²) in [6.45, 7) is 6.58. The van der Waals surface area contributed by atoms with E-state index < -0.39 is 0 Å². The maximum atomic E-state index is 13.2. The van der Waals surface area contributed by atoms with E-state index in [2.05, 4.69) is 26.5 Å². The van der Waals surface area contributed by atoms with Crippen LogP contribution in [0.15, 0.2) is 40.9 Å². The van der Waals surface area contributed by atoms with Crippen molar-refractivity contribution in [1.82, 2.24) is 25.2 Å². The number of hydrogen-bond acceptors (Lipinski definition) is 5. The highest BCUT2D eigenvalue weighted by atomic mass is 19.1. The molecule has 2 aromatic heterocycles. The quantitative estimate of drug-likeness (QED) is 0.651. The van der Waals surface area contributed by atoms with Crippen molar-refractivity contribution in [3.63, 3.8) is 0 Å². The second-order valence-electron chi connectivity index (χ2n) is 8.45. The number of nitrogens with zero attached hydrogens (tertiary/aromatic N) is 4. The van der Waals surface area contributed by atoms with Crippen molar-refractivity contribution in [2.45, 2.75) is 45.2 Å². The zero-order valence-electron chi connectivity index (χ0n) is 18.1. The van der Waals surface area contributed by atoms with E-state index in [-0.39, 0.29) is 29.4 Å². The van der Waals surface area contributed by atoms with Crippen LogP contribution >= 0.6 is 0 Å². The summed E-state index contributed by atoms with van der Waals surface area (Å²) in [5, 5.41) is 11.6. The molecule has 1 fully saturated rings. The second kappa shape index (κ2) is 9.01. The van der Waals surface area contributed by atoms with Crippen molar-refractivity contribution in [3.05, 3.63) is 59.4 Å². The molecule has 0 atom stereocenters. The van der Waals surface area contributed by atoms with Crippen LogP contribution in [0.3, 0.4) is 0 Å². The maximum absolute atomic E-state index is 13.2. The third-order valence-electron chi connectivity index (χ3n) is 5.77. The van der Waals surface area contributed by atoms with Crippen molar-refractivity contribution in [3.8, 4) is 11.3 Å². The molecule has 3 aromatic rings. The number of benzene rings is 1. The van der Waals surface area contributed by atoms with Crippen molar-refractivity contribution in [2.24, 2.45) is 7.05 Å². The summed E-state index contributed by atoms with van der Waals surface area (Å²) >= 11 is 0. The minimum atomic E-state index is -0.251. The lowest BCUT2D eigenvalue weighted by molar-refractivity contribution is 0.0871. The summed E-state index contributed by atoms with van der Waals surface area (Å²) in [6.07, 6.45) is 1.75. The average Bonchev–Trinajstić information content (AvgIpc) is 3.38. The smallest absolute Gasteiger partial charge is 0.290 e. The van der Waals surface area contributed by atoms with Gasteiger partial charge in [-0.25, -0.2) is 4.39 Å². The summed E-state index contributed by atoms with van der Waals surface area (Å²) in [5.74, 6) is 0.0467. The number of hydrogen-bond donors (Lipinski definition) is 1. The molecule has 0 spiro atoms. The number of halogens is 1. The van der Waals surface area contributed by atoms with Gasteiger partial charge in [0.15, 0.2) is 0 Å². The molecule has 1 aliphatic rings. The molecule has 1 aliphatic heterocycles. The van der Waals surface area contributed by atoms with E-state index in [0.29, 0.717) is 0 Å². The second-order valence-corrected chi connectivity index (χ2v) is 8.45. The van der Waals surface area contributed by atoms with Gasteiger partial charge < -0.3 is 9.84 Å². The monoisotopic (exact) mass is 425 g/mol. The van der Waals surface area contributed by atoms with Crippen molar-refractivity contribution >= 4 is 5.91 Å². The van der Waals surface area contributed by atoms with Gasteiger partial charge in [-0.15, -0.1) is 0 Å². The fraction of sp³-hybridized carbons (Fsp3) is 0.435. The van der Waals surface area contributed by atoms with Crippen molar-refractivity contribution in [1.29, 1.82) is 0 Å². The molecule has 1 saturated heterocycles. The van der Waals surface area contributed by atoms with Crippen molar-refractivity contribution < 1.29 is 13.7 Å². The first-order chi connectivity index (χ1) is 14.9. The van der Waals surface area contributed by atoms with E-state index in [1.807, 2.05) is 25.6 Å².